The first-order chi connectivity index (χ1) is 11.7. The van der Waals surface area contributed by atoms with Crippen LogP contribution in [-0.4, -0.2) is 21.8 Å². The van der Waals surface area contributed by atoms with Crippen molar-refractivity contribution in [3.8, 4) is 0 Å². The molecule has 1 N–H and O–H groups in total. The Bertz CT molecular complexity index is 562. The number of alkyl halides is 1. The second-order valence-electron chi connectivity index (χ2n) is 10.5. The number of carbonyl (C=O) groups is 1. The quantitative estimate of drug-likeness (QED) is 0.621. The summed E-state index contributed by atoms with van der Waals surface area (Å²) in [6.45, 7) is 6.80. The van der Waals surface area contributed by atoms with Crippen LogP contribution in [0.4, 0.5) is 0 Å². The van der Waals surface area contributed by atoms with E-state index >= 15 is 0 Å². The summed E-state index contributed by atoms with van der Waals surface area (Å²) in [7, 11) is 0. The van der Waals surface area contributed by atoms with E-state index in [0.717, 1.165) is 42.3 Å². The van der Waals surface area contributed by atoms with Gasteiger partial charge >= 0.3 is 0 Å². The van der Waals surface area contributed by atoms with Gasteiger partial charge in [0.05, 0.1) is 5.60 Å². The van der Waals surface area contributed by atoms with Crippen molar-refractivity contribution in [2.75, 3.05) is 5.33 Å². The summed E-state index contributed by atoms with van der Waals surface area (Å²) in [5, 5.41) is 11.6. The molecule has 0 aromatic heterocycles. The van der Waals surface area contributed by atoms with Gasteiger partial charge in [-0.05, 0) is 99.2 Å². The average molecular weight is 411 g/mol. The molecule has 0 heterocycles. The van der Waals surface area contributed by atoms with E-state index in [1.165, 1.54) is 38.5 Å². The van der Waals surface area contributed by atoms with Gasteiger partial charge < -0.3 is 5.11 Å². The van der Waals surface area contributed by atoms with Gasteiger partial charge in [0, 0.05) is 11.2 Å². The smallest absolute Gasteiger partial charge is 0.133 e. The number of ketones is 1. The third kappa shape index (κ3) is 2.62. The van der Waals surface area contributed by atoms with E-state index in [2.05, 4.69) is 29.8 Å². The lowest BCUT2D eigenvalue weighted by Crippen LogP contribution is -2.56. The summed E-state index contributed by atoms with van der Waals surface area (Å²) in [5.41, 5.74) is 0.196. The van der Waals surface area contributed by atoms with Crippen LogP contribution >= 0.6 is 15.9 Å². The van der Waals surface area contributed by atoms with Gasteiger partial charge in [0.1, 0.15) is 5.78 Å². The van der Waals surface area contributed by atoms with E-state index in [1.807, 2.05) is 6.92 Å². The number of Topliss-reactive ketones (excluding diaryl/α,β-unsaturated/α-hetero) is 1. The summed E-state index contributed by atoms with van der Waals surface area (Å²) < 4.78 is 0. The summed E-state index contributed by atoms with van der Waals surface area (Å²) in [5.74, 6) is 3.82. The van der Waals surface area contributed by atoms with Crippen molar-refractivity contribution in [1.29, 1.82) is 0 Å². The van der Waals surface area contributed by atoms with Gasteiger partial charge in [-0.2, -0.15) is 0 Å². The van der Waals surface area contributed by atoms with Crippen molar-refractivity contribution in [1.82, 2.24) is 0 Å². The van der Waals surface area contributed by atoms with E-state index < -0.39 is 5.60 Å². The van der Waals surface area contributed by atoms with Crippen LogP contribution in [-0.2, 0) is 4.79 Å². The SMILES string of the molecule is CC(=O)[C@H]1CCC2C3CC[C@H]4C[C@@](O)(CBr)CC[C@]4(C)C3CC[C@@]21C. The number of halogens is 1. The topological polar surface area (TPSA) is 37.3 Å². The number of hydrogen-bond acceptors (Lipinski definition) is 2. The van der Waals surface area contributed by atoms with Gasteiger partial charge in [-0.15, -0.1) is 0 Å². The number of hydrogen-bond donors (Lipinski definition) is 1. The third-order valence-corrected chi connectivity index (χ3v) is 10.6. The molecule has 0 saturated heterocycles. The second kappa shape index (κ2) is 6.06. The molecule has 2 nitrogen and oxygen atoms in total. The molecule has 3 heteroatoms. The Morgan fingerprint density at radius 1 is 1.00 bits per heavy atom. The van der Waals surface area contributed by atoms with Crippen LogP contribution in [0.5, 0.6) is 0 Å². The molecular weight excluding hydrogens is 376 g/mol. The molecule has 4 saturated carbocycles. The molecule has 0 spiro atoms. The molecule has 0 aromatic rings. The molecule has 4 aliphatic carbocycles. The minimum Gasteiger partial charge on any atom is -0.389 e. The van der Waals surface area contributed by atoms with Gasteiger partial charge in [0.15, 0.2) is 0 Å². The Morgan fingerprint density at radius 2 is 1.72 bits per heavy atom. The van der Waals surface area contributed by atoms with Gasteiger partial charge in [0.25, 0.3) is 0 Å². The summed E-state index contributed by atoms with van der Waals surface area (Å²) >= 11 is 3.55. The average Bonchev–Trinajstić information content (AvgIpc) is 2.93. The number of fused-ring (bicyclic) bond motifs is 5. The number of aliphatic hydroxyl groups is 1. The zero-order valence-electron chi connectivity index (χ0n) is 16.2. The minimum atomic E-state index is -0.479. The summed E-state index contributed by atoms with van der Waals surface area (Å²) in [4.78, 5) is 12.2. The van der Waals surface area contributed by atoms with Crippen molar-refractivity contribution in [3.63, 3.8) is 0 Å². The van der Waals surface area contributed by atoms with Crippen LogP contribution in [0.1, 0.15) is 78.6 Å². The Balaban J connectivity index is 1.59. The van der Waals surface area contributed by atoms with E-state index in [9.17, 15) is 9.90 Å². The first kappa shape index (κ1) is 18.5. The molecule has 0 amide bonds. The lowest BCUT2D eigenvalue weighted by Gasteiger charge is -2.62. The Kier molecular flexibility index (Phi) is 4.47. The lowest BCUT2D eigenvalue weighted by atomic mass is 9.44. The van der Waals surface area contributed by atoms with Gasteiger partial charge in [-0.3, -0.25) is 4.79 Å². The Labute approximate surface area is 161 Å². The molecule has 4 rings (SSSR count). The maximum absolute atomic E-state index is 12.2. The van der Waals surface area contributed by atoms with E-state index in [0.29, 0.717) is 23.0 Å². The predicted octanol–water partition coefficient (Wildman–Crippen LogP) is 5.36. The summed E-state index contributed by atoms with van der Waals surface area (Å²) in [6.07, 6.45) is 10.7. The largest absolute Gasteiger partial charge is 0.389 e. The molecule has 0 aliphatic heterocycles. The van der Waals surface area contributed by atoms with Gasteiger partial charge in [0.2, 0.25) is 0 Å². The highest BCUT2D eigenvalue weighted by Gasteiger charge is 2.61. The molecule has 4 aliphatic rings. The monoisotopic (exact) mass is 410 g/mol. The Morgan fingerprint density at radius 3 is 2.40 bits per heavy atom. The van der Waals surface area contributed by atoms with Crippen molar-refractivity contribution >= 4 is 21.7 Å². The fourth-order valence-electron chi connectivity index (χ4n) is 8.11. The highest BCUT2D eigenvalue weighted by atomic mass is 79.9. The first-order valence-electron chi connectivity index (χ1n) is 10.5. The standard InChI is InChI=1S/C22H35BrO2/c1-14(24)17-6-7-18-16-5-4-15-12-22(25,13-23)11-10-20(15,2)19(16)8-9-21(17,18)3/h15-19,25H,4-13H2,1-3H3/t15-,16?,17+,18?,19?,20-,21+,22+/m0/s1. The van der Waals surface area contributed by atoms with Crippen molar-refractivity contribution in [2.24, 2.45) is 40.4 Å². The van der Waals surface area contributed by atoms with Crippen LogP contribution in [0.15, 0.2) is 0 Å². The van der Waals surface area contributed by atoms with E-state index in [-0.39, 0.29) is 5.41 Å². The maximum atomic E-state index is 12.2. The summed E-state index contributed by atoms with van der Waals surface area (Å²) in [6, 6.07) is 0. The number of carbonyl (C=O) groups excluding carboxylic acids is 1. The first-order valence-corrected chi connectivity index (χ1v) is 11.6. The van der Waals surface area contributed by atoms with Crippen LogP contribution in [0.25, 0.3) is 0 Å². The zero-order chi connectivity index (χ0) is 18.0. The highest BCUT2D eigenvalue weighted by Crippen LogP contribution is 2.68. The Hall–Kier alpha value is 0.110. The predicted molar refractivity (Wildman–Crippen MR) is 105 cm³/mol. The zero-order valence-corrected chi connectivity index (χ0v) is 17.8. The van der Waals surface area contributed by atoms with Crippen LogP contribution in [0.2, 0.25) is 0 Å². The van der Waals surface area contributed by atoms with Crippen molar-refractivity contribution in [2.45, 2.75) is 84.2 Å². The van der Waals surface area contributed by atoms with Crippen LogP contribution < -0.4 is 0 Å². The molecule has 8 atom stereocenters. The number of rotatable bonds is 2. The third-order valence-electron chi connectivity index (χ3n) is 9.56. The van der Waals surface area contributed by atoms with Crippen LogP contribution in [0, 0.1) is 40.4 Å². The molecule has 0 radical (unpaired) electrons. The van der Waals surface area contributed by atoms with Crippen molar-refractivity contribution < 1.29 is 9.90 Å². The van der Waals surface area contributed by atoms with Crippen LogP contribution in [0.3, 0.4) is 0 Å². The minimum absolute atomic E-state index is 0.265. The van der Waals surface area contributed by atoms with E-state index in [1.54, 1.807) is 0 Å². The molecule has 25 heavy (non-hydrogen) atoms. The molecule has 4 fully saturated rings. The second-order valence-corrected chi connectivity index (χ2v) is 11.1. The molecule has 3 unspecified atom stereocenters. The highest BCUT2D eigenvalue weighted by molar-refractivity contribution is 9.09. The molecule has 0 aromatic carbocycles. The normalized spacial score (nSPS) is 55.2. The fraction of sp³-hybridized carbons (Fsp3) is 0.955. The van der Waals surface area contributed by atoms with Crippen molar-refractivity contribution in [3.05, 3.63) is 0 Å². The molecule has 0 bridgehead atoms. The lowest BCUT2D eigenvalue weighted by molar-refractivity contribution is -0.149. The van der Waals surface area contributed by atoms with Gasteiger partial charge in [-0.1, -0.05) is 29.8 Å². The van der Waals surface area contributed by atoms with Gasteiger partial charge in [-0.25, -0.2) is 0 Å². The fourth-order valence-corrected chi connectivity index (χ4v) is 8.62. The maximum Gasteiger partial charge on any atom is 0.133 e. The molecular formula is C22H35BrO2. The molecule has 142 valence electrons. The van der Waals surface area contributed by atoms with E-state index in [4.69, 9.17) is 0 Å².